The summed E-state index contributed by atoms with van der Waals surface area (Å²) in [4.78, 5) is 2.62. The SMILES string of the molecule is CCOc1ccccc1-c1nn(CN(Cc2ccc(F)cc2)C2CC2)c(=S)o1. The van der Waals surface area contributed by atoms with Crippen molar-refractivity contribution in [1.29, 1.82) is 0 Å². The molecule has 7 heteroatoms. The number of hydrogen-bond acceptors (Lipinski definition) is 5. The zero-order valence-corrected chi connectivity index (χ0v) is 16.5. The fraction of sp³-hybridized carbons (Fsp3) is 0.333. The van der Waals surface area contributed by atoms with Gasteiger partial charge < -0.3 is 9.15 Å². The van der Waals surface area contributed by atoms with Crippen molar-refractivity contribution in [1.82, 2.24) is 14.7 Å². The van der Waals surface area contributed by atoms with Gasteiger partial charge in [0, 0.05) is 12.6 Å². The summed E-state index contributed by atoms with van der Waals surface area (Å²) in [5.41, 5.74) is 1.84. The van der Waals surface area contributed by atoms with Crippen molar-refractivity contribution in [3.8, 4) is 17.2 Å². The Balaban J connectivity index is 1.56. The Kier molecular flexibility index (Phi) is 5.54. The number of nitrogens with zero attached hydrogens (tertiary/aromatic N) is 3. The first-order valence-electron chi connectivity index (χ1n) is 9.42. The molecular weight excluding hydrogens is 377 g/mol. The number of rotatable bonds is 8. The van der Waals surface area contributed by atoms with Gasteiger partial charge in [-0.05, 0) is 61.8 Å². The van der Waals surface area contributed by atoms with Crippen LogP contribution in [0.5, 0.6) is 5.75 Å². The van der Waals surface area contributed by atoms with E-state index in [1.807, 2.05) is 43.3 Å². The predicted molar refractivity (Wildman–Crippen MR) is 107 cm³/mol. The second kappa shape index (κ2) is 8.24. The molecule has 0 spiro atoms. The summed E-state index contributed by atoms with van der Waals surface area (Å²) < 4.78 is 26.3. The van der Waals surface area contributed by atoms with Gasteiger partial charge in [0.15, 0.2) is 0 Å². The van der Waals surface area contributed by atoms with Crippen molar-refractivity contribution < 1.29 is 13.5 Å². The number of para-hydroxylation sites is 1. The molecule has 146 valence electrons. The Morgan fingerprint density at radius 2 is 1.96 bits per heavy atom. The summed E-state index contributed by atoms with van der Waals surface area (Å²) >= 11 is 5.40. The van der Waals surface area contributed by atoms with Crippen LogP contribution in [0.1, 0.15) is 25.3 Å². The standard InChI is InChI=1S/C21H22FN3O2S/c1-2-26-19-6-4-3-5-18(19)20-23-25(21(28)27-20)14-24(17-11-12-17)13-15-7-9-16(22)10-8-15/h3-10,17H,2,11-14H2,1H3. The Bertz CT molecular complexity index is 995. The maximum atomic E-state index is 13.2. The minimum absolute atomic E-state index is 0.224. The largest absolute Gasteiger partial charge is 0.493 e. The van der Waals surface area contributed by atoms with E-state index in [0.717, 1.165) is 29.7 Å². The summed E-state index contributed by atoms with van der Waals surface area (Å²) in [5.74, 6) is 0.948. The van der Waals surface area contributed by atoms with Gasteiger partial charge in [0.05, 0.1) is 18.8 Å². The van der Waals surface area contributed by atoms with E-state index in [-0.39, 0.29) is 5.82 Å². The zero-order chi connectivity index (χ0) is 19.5. The average Bonchev–Trinajstić information content (AvgIpc) is 3.48. The first kappa shape index (κ1) is 18.8. The summed E-state index contributed by atoms with van der Waals surface area (Å²) in [6.45, 7) is 3.74. The van der Waals surface area contributed by atoms with E-state index in [4.69, 9.17) is 21.4 Å². The first-order valence-corrected chi connectivity index (χ1v) is 9.83. The zero-order valence-electron chi connectivity index (χ0n) is 15.7. The maximum absolute atomic E-state index is 13.2. The fourth-order valence-corrected chi connectivity index (χ4v) is 3.34. The molecule has 4 rings (SSSR count). The third-order valence-corrected chi connectivity index (χ3v) is 5.00. The fourth-order valence-electron chi connectivity index (χ4n) is 3.16. The van der Waals surface area contributed by atoms with Crippen LogP contribution < -0.4 is 4.74 Å². The van der Waals surface area contributed by atoms with Crippen molar-refractivity contribution in [2.75, 3.05) is 6.61 Å². The average molecular weight is 399 g/mol. The van der Waals surface area contributed by atoms with Crippen LogP contribution in [-0.2, 0) is 13.2 Å². The molecule has 1 saturated carbocycles. The molecule has 0 amide bonds. The van der Waals surface area contributed by atoms with Crippen molar-refractivity contribution >= 4 is 12.2 Å². The number of ether oxygens (including phenoxy) is 1. The highest BCUT2D eigenvalue weighted by molar-refractivity contribution is 7.71. The lowest BCUT2D eigenvalue weighted by atomic mass is 10.2. The van der Waals surface area contributed by atoms with Gasteiger partial charge in [0.1, 0.15) is 11.6 Å². The van der Waals surface area contributed by atoms with E-state index in [0.29, 0.717) is 36.6 Å². The molecule has 0 aliphatic heterocycles. The second-order valence-electron chi connectivity index (χ2n) is 6.85. The van der Waals surface area contributed by atoms with Crippen molar-refractivity contribution in [3.63, 3.8) is 0 Å². The number of aromatic nitrogens is 2. The van der Waals surface area contributed by atoms with Gasteiger partial charge in [-0.3, -0.25) is 4.90 Å². The van der Waals surface area contributed by atoms with Gasteiger partial charge in [0.25, 0.3) is 10.7 Å². The minimum atomic E-state index is -0.224. The monoisotopic (exact) mass is 399 g/mol. The number of hydrogen-bond donors (Lipinski definition) is 0. The molecular formula is C21H22FN3O2S. The second-order valence-corrected chi connectivity index (χ2v) is 7.20. The van der Waals surface area contributed by atoms with Crippen molar-refractivity contribution in [3.05, 3.63) is 64.7 Å². The molecule has 0 atom stereocenters. The molecule has 1 fully saturated rings. The number of halogens is 1. The van der Waals surface area contributed by atoms with Crippen LogP contribution in [0.4, 0.5) is 4.39 Å². The van der Waals surface area contributed by atoms with E-state index >= 15 is 0 Å². The molecule has 5 nitrogen and oxygen atoms in total. The van der Waals surface area contributed by atoms with E-state index in [9.17, 15) is 4.39 Å². The smallest absolute Gasteiger partial charge is 0.288 e. The van der Waals surface area contributed by atoms with Crippen LogP contribution in [0.15, 0.2) is 52.9 Å². The lowest BCUT2D eigenvalue weighted by Gasteiger charge is -2.21. The Morgan fingerprint density at radius 1 is 1.21 bits per heavy atom. The minimum Gasteiger partial charge on any atom is -0.493 e. The first-order chi connectivity index (χ1) is 13.6. The van der Waals surface area contributed by atoms with Gasteiger partial charge in [-0.2, -0.15) is 0 Å². The van der Waals surface area contributed by atoms with Crippen molar-refractivity contribution in [2.24, 2.45) is 0 Å². The molecule has 1 aromatic heterocycles. The summed E-state index contributed by atoms with van der Waals surface area (Å²) in [5, 5.41) is 4.59. The van der Waals surface area contributed by atoms with Gasteiger partial charge >= 0.3 is 0 Å². The third-order valence-electron chi connectivity index (χ3n) is 4.70. The van der Waals surface area contributed by atoms with Crippen molar-refractivity contribution in [2.45, 2.75) is 39.0 Å². The third kappa shape index (κ3) is 4.31. The molecule has 0 saturated heterocycles. The van der Waals surface area contributed by atoms with E-state index in [2.05, 4.69) is 10.00 Å². The Hall–Kier alpha value is -2.51. The molecule has 1 heterocycles. The van der Waals surface area contributed by atoms with Gasteiger partial charge in [-0.1, -0.05) is 24.3 Å². The van der Waals surface area contributed by atoms with Crippen LogP contribution in [0, 0.1) is 10.7 Å². The van der Waals surface area contributed by atoms with Crippen LogP contribution in [0.25, 0.3) is 11.5 Å². The lowest BCUT2D eigenvalue weighted by molar-refractivity contribution is 0.184. The summed E-state index contributed by atoms with van der Waals surface area (Å²) in [6.07, 6.45) is 2.29. The topological polar surface area (TPSA) is 43.4 Å². The highest BCUT2D eigenvalue weighted by Crippen LogP contribution is 2.31. The molecule has 0 N–H and O–H groups in total. The molecule has 0 unspecified atom stereocenters. The molecule has 0 radical (unpaired) electrons. The normalized spacial score (nSPS) is 13.8. The molecule has 2 aromatic carbocycles. The van der Waals surface area contributed by atoms with E-state index < -0.39 is 0 Å². The molecule has 0 bridgehead atoms. The summed E-state index contributed by atoms with van der Waals surface area (Å²) in [7, 11) is 0. The predicted octanol–water partition coefficient (Wildman–Crippen LogP) is 5.03. The van der Waals surface area contributed by atoms with Gasteiger partial charge in [0.2, 0.25) is 0 Å². The maximum Gasteiger partial charge on any atom is 0.288 e. The van der Waals surface area contributed by atoms with Gasteiger partial charge in [-0.15, -0.1) is 5.10 Å². The van der Waals surface area contributed by atoms with Crippen LogP contribution >= 0.6 is 12.2 Å². The lowest BCUT2D eigenvalue weighted by Crippen LogP contribution is -2.28. The van der Waals surface area contributed by atoms with Gasteiger partial charge in [-0.25, -0.2) is 9.07 Å². The van der Waals surface area contributed by atoms with Crippen LogP contribution in [-0.4, -0.2) is 27.3 Å². The number of benzene rings is 2. The Morgan fingerprint density at radius 3 is 2.68 bits per heavy atom. The highest BCUT2D eigenvalue weighted by atomic mass is 32.1. The molecule has 3 aromatic rings. The molecule has 1 aliphatic carbocycles. The van der Waals surface area contributed by atoms with E-state index in [1.165, 1.54) is 12.1 Å². The molecule has 28 heavy (non-hydrogen) atoms. The quantitative estimate of drug-likeness (QED) is 0.497. The highest BCUT2D eigenvalue weighted by Gasteiger charge is 2.30. The Labute approximate surface area is 168 Å². The summed E-state index contributed by atoms with van der Waals surface area (Å²) in [6, 6.07) is 14.7. The van der Waals surface area contributed by atoms with E-state index in [1.54, 1.807) is 4.68 Å². The molecule has 1 aliphatic rings. The van der Waals surface area contributed by atoms with Crippen LogP contribution in [0.2, 0.25) is 0 Å². The van der Waals surface area contributed by atoms with Crippen LogP contribution in [0.3, 0.4) is 0 Å².